The minimum atomic E-state index is -2.11. The molecule has 114 valence electrons. The van der Waals surface area contributed by atoms with Gasteiger partial charge in [-0.05, 0) is 25.7 Å². The van der Waals surface area contributed by atoms with Crippen molar-refractivity contribution < 1.29 is 22.0 Å². The van der Waals surface area contributed by atoms with Crippen LogP contribution in [0.1, 0.15) is 31.2 Å². The van der Waals surface area contributed by atoms with E-state index in [1.807, 2.05) is 6.08 Å². The lowest BCUT2D eigenvalue weighted by atomic mass is 9.85. The van der Waals surface area contributed by atoms with Gasteiger partial charge < -0.3 is 5.32 Å². The molecule has 2 unspecified atom stereocenters. The number of rotatable bonds is 2. The molecule has 2 heterocycles. The molecule has 2 aliphatic heterocycles. The number of piperidine rings is 1. The Kier molecular flexibility index (Phi) is 3.73. The molecule has 1 fully saturated rings. The summed E-state index contributed by atoms with van der Waals surface area (Å²) in [7, 11) is 0. The zero-order valence-corrected chi connectivity index (χ0v) is 11.2. The van der Waals surface area contributed by atoms with Crippen LogP contribution in [0.5, 0.6) is 0 Å². The van der Waals surface area contributed by atoms with Gasteiger partial charge in [0, 0.05) is 17.6 Å². The molecule has 0 spiro atoms. The van der Waals surface area contributed by atoms with Gasteiger partial charge in [-0.3, -0.25) is 0 Å². The summed E-state index contributed by atoms with van der Waals surface area (Å²) < 4.78 is 66.8. The van der Waals surface area contributed by atoms with E-state index in [1.165, 1.54) is 0 Å². The Hall–Kier alpha value is -1.43. The first-order valence-corrected chi connectivity index (χ1v) is 6.93. The van der Waals surface area contributed by atoms with Gasteiger partial charge in [0.1, 0.15) is 0 Å². The Morgan fingerprint density at radius 2 is 1.52 bits per heavy atom. The number of hydrogen-bond donors (Lipinski definition) is 1. The molecule has 0 aromatic heterocycles. The quantitative estimate of drug-likeness (QED) is 0.379. The summed E-state index contributed by atoms with van der Waals surface area (Å²) in [5.41, 5.74) is -0.00992. The van der Waals surface area contributed by atoms with E-state index in [9.17, 15) is 22.0 Å². The van der Waals surface area contributed by atoms with Crippen LogP contribution in [0.2, 0.25) is 0 Å². The van der Waals surface area contributed by atoms with Crippen LogP contribution in [0.3, 0.4) is 0 Å². The lowest BCUT2D eigenvalue weighted by Gasteiger charge is -2.35. The summed E-state index contributed by atoms with van der Waals surface area (Å²) in [5.74, 6) is -9.31. The van der Waals surface area contributed by atoms with Crippen LogP contribution in [0.4, 0.5) is 22.0 Å². The molecule has 1 saturated heterocycles. The summed E-state index contributed by atoms with van der Waals surface area (Å²) in [5, 5.41) is 3.36. The lowest BCUT2D eigenvalue weighted by molar-refractivity contribution is 0.331. The van der Waals surface area contributed by atoms with Crippen LogP contribution < -0.4 is 5.32 Å². The van der Waals surface area contributed by atoms with Gasteiger partial charge in [0.15, 0.2) is 23.3 Å². The average Bonchev–Trinajstić information content (AvgIpc) is 2.47. The average molecular weight is 303 g/mol. The summed E-state index contributed by atoms with van der Waals surface area (Å²) in [6, 6.07) is 0.360. The monoisotopic (exact) mass is 303 g/mol. The second-order valence-electron chi connectivity index (χ2n) is 5.66. The Balaban J connectivity index is 1.94. The smallest absolute Gasteiger partial charge is 0.200 e. The molecular formula is C15H14F5N. The van der Waals surface area contributed by atoms with Crippen LogP contribution in [0.25, 0.3) is 0 Å². The molecule has 6 heteroatoms. The first kappa shape index (κ1) is 14.5. The zero-order valence-electron chi connectivity index (χ0n) is 11.2. The Labute approximate surface area is 118 Å². The van der Waals surface area contributed by atoms with Gasteiger partial charge in [-0.2, -0.15) is 0 Å². The van der Waals surface area contributed by atoms with E-state index in [-0.39, 0.29) is 18.5 Å². The summed E-state index contributed by atoms with van der Waals surface area (Å²) in [4.78, 5) is 0. The van der Waals surface area contributed by atoms with Gasteiger partial charge in [0.05, 0.1) is 0 Å². The molecule has 2 bridgehead atoms. The second kappa shape index (κ2) is 5.40. The van der Waals surface area contributed by atoms with Crippen molar-refractivity contribution in [2.75, 3.05) is 0 Å². The van der Waals surface area contributed by atoms with Crippen LogP contribution in [-0.2, 0) is 6.42 Å². The van der Waals surface area contributed by atoms with E-state index in [0.717, 1.165) is 24.8 Å². The highest BCUT2D eigenvalue weighted by Gasteiger charge is 2.29. The molecule has 0 radical (unpaired) electrons. The molecule has 1 aromatic rings. The predicted molar refractivity (Wildman–Crippen MR) is 67.2 cm³/mol. The molecule has 3 rings (SSSR count). The van der Waals surface area contributed by atoms with Crippen molar-refractivity contribution in [3.63, 3.8) is 0 Å². The first-order chi connectivity index (χ1) is 9.97. The van der Waals surface area contributed by atoms with Gasteiger partial charge in [-0.25, -0.2) is 22.0 Å². The van der Waals surface area contributed by atoms with E-state index in [2.05, 4.69) is 5.32 Å². The molecule has 1 nitrogen and oxygen atoms in total. The van der Waals surface area contributed by atoms with Gasteiger partial charge in [0.2, 0.25) is 5.82 Å². The highest BCUT2D eigenvalue weighted by molar-refractivity contribution is 5.30. The number of nitrogens with one attached hydrogen (secondary N) is 1. The molecule has 0 saturated carbocycles. The van der Waals surface area contributed by atoms with Crippen molar-refractivity contribution >= 4 is 0 Å². The number of hydrogen-bond acceptors (Lipinski definition) is 1. The molecule has 2 aliphatic rings. The maximum atomic E-state index is 13.7. The standard InChI is InChI=1S/C15H14F5N/c16-11-10(12(17)14(19)15(20)13(11)18)6-7-4-8-2-1-3-9(5-7)21-8/h4,8-9,21H,1-3,5-6H2. The maximum Gasteiger partial charge on any atom is 0.200 e. The summed E-state index contributed by atoms with van der Waals surface area (Å²) in [6.07, 6.45) is 5.17. The van der Waals surface area contributed by atoms with Crippen molar-refractivity contribution in [2.24, 2.45) is 0 Å². The number of halogens is 5. The number of fused-ring (bicyclic) bond motifs is 2. The Morgan fingerprint density at radius 3 is 2.14 bits per heavy atom. The zero-order chi connectivity index (χ0) is 15.1. The topological polar surface area (TPSA) is 12.0 Å². The van der Waals surface area contributed by atoms with Gasteiger partial charge in [-0.15, -0.1) is 0 Å². The van der Waals surface area contributed by atoms with Crippen LogP contribution in [-0.4, -0.2) is 12.1 Å². The highest BCUT2D eigenvalue weighted by atomic mass is 19.2. The molecule has 0 amide bonds. The van der Waals surface area contributed by atoms with Gasteiger partial charge >= 0.3 is 0 Å². The van der Waals surface area contributed by atoms with E-state index < -0.39 is 34.6 Å². The van der Waals surface area contributed by atoms with Crippen molar-refractivity contribution in [1.29, 1.82) is 0 Å². The summed E-state index contributed by atoms with van der Waals surface area (Å²) in [6.45, 7) is 0. The largest absolute Gasteiger partial charge is 0.307 e. The fraction of sp³-hybridized carbons (Fsp3) is 0.467. The predicted octanol–water partition coefficient (Wildman–Crippen LogP) is 3.77. The summed E-state index contributed by atoms with van der Waals surface area (Å²) >= 11 is 0. The van der Waals surface area contributed by atoms with Crippen LogP contribution in [0.15, 0.2) is 11.6 Å². The molecule has 2 atom stereocenters. The Morgan fingerprint density at radius 1 is 0.905 bits per heavy atom. The lowest BCUT2D eigenvalue weighted by Crippen LogP contribution is -2.44. The fourth-order valence-electron chi connectivity index (χ4n) is 3.18. The van der Waals surface area contributed by atoms with E-state index in [4.69, 9.17) is 0 Å². The number of benzene rings is 1. The second-order valence-corrected chi connectivity index (χ2v) is 5.66. The minimum Gasteiger partial charge on any atom is -0.307 e. The third-order valence-corrected chi connectivity index (χ3v) is 4.17. The van der Waals surface area contributed by atoms with E-state index >= 15 is 0 Å². The SMILES string of the molecule is Fc1c(F)c(F)c(CC2=CC3CCCC(C2)N3)c(F)c1F. The van der Waals surface area contributed by atoms with Crippen molar-refractivity contribution in [3.05, 3.63) is 46.3 Å². The third kappa shape index (κ3) is 2.57. The van der Waals surface area contributed by atoms with Crippen molar-refractivity contribution in [2.45, 2.75) is 44.2 Å². The molecule has 1 aromatic carbocycles. The van der Waals surface area contributed by atoms with E-state index in [0.29, 0.717) is 6.42 Å². The Bertz CT molecular complexity index is 582. The van der Waals surface area contributed by atoms with Gasteiger partial charge in [-0.1, -0.05) is 18.1 Å². The van der Waals surface area contributed by atoms with E-state index in [1.54, 1.807) is 0 Å². The third-order valence-electron chi connectivity index (χ3n) is 4.17. The van der Waals surface area contributed by atoms with Crippen LogP contribution in [0, 0.1) is 29.1 Å². The molecule has 21 heavy (non-hydrogen) atoms. The van der Waals surface area contributed by atoms with Crippen molar-refractivity contribution in [1.82, 2.24) is 5.32 Å². The first-order valence-electron chi connectivity index (χ1n) is 6.93. The minimum absolute atomic E-state index is 0.133. The fourth-order valence-corrected chi connectivity index (χ4v) is 3.18. The maximum absolute atomic E-state index is 13.7. The molecule has 0 aliphatic carbocycles. The highest BCUT2D eigenvalue weighted by Crippen LogP contribution is 2.30. The normalized spacial score (nSPS) is 24.9. The van der Waals surface area contributed by atoms with Crippen molar-refractivity contribution in [3.8, 4) is 0 Å². The molecular weight excluding hydrogens is 289 g/mol. The van der Waals surface area contributed by atoms with Gasteiger partial charge in [0.25, 0.3) is 0 Å². The van der Waals surface area contributed by atoms with Crippen LogP contribution >= 0.6 is 0 Å². The molecule has 1 N–H and O–H groups in total.